The van der Waals surface area contributed by atoms with Gasteiger partial charge in [0.15, 0.2) is 0 Å². The molecule has 4 aromatic rings. The first-order valence-electron chi connectivity index (χ1n) is 6.57. The lowest BCUT2D eigenvalue weighted by molar-refractivity contribution is 0.568. The summed E-state index contributed by atoms with van der Waals surface area (Å²) in [4.78, 5) is 4.51. The second kappa shape index (κ2) is 4.90. The third-order valence-electron chi connectivity index (χ3n) is 3.49. The van der Waals surface area contributed by atoms with Gasteiger partial charge in [0, 0.05) is 15.7 Å². The molecule has 102 valence electrons. The van der Waals surface area contributed by atoms with E-state index in [1.54, 1.807) is 12.5 Å². The van der Waals surface area contributed by atoms with E-state index in [1.165, 1.54) is 0 Å². The van der Waals surface area contributed by atoms with Crippen LogP contribution in [0.4, 0.5) is 0 Å². The summed E-state index contributed by atoms with van der Waals surface area (Å²) in [6.07, 6.45) is 5.28. The molecule has 0 N–H and O–H groups in total. The van der Waals surface area contributed by atoms with E-state index in [0.717, 1.165) is 32.3 Å². The molecule has 2 aromatic carbocycles. The Morgan fingerprint density at radius 2 is 1.95 bits per heavy atom. The predicted octanol–water partition coefficient (Wildman–Crippen LogP) is 5.05. The van der Waals surface area contributed by atoms with Crippen LogP contribution in [0.15, 0.2) is 76.3 Å². The lowest BCUT2D eigenvalue weighted by Crippen LogP contribution is -1.91. The Hall–Kier alpha value is -2.33. The van der Waals surface area contributed by atoms with E-state index >= 15 is 0 Å². The molecule has 0 spiro atoms. The largest absolute Gasteiger partial charge is 0.472 e. The number of rotatable bonds is 2. The summed E-state index contributed by atoms with van der Waals surface area (Å²) in [6, 6.07) is 16.4. The van der Waals surface area contributed by atoms with E-state index in [2.05, 4.69) is 55.8 Å². The van der Waals surface area contributed by atoms with Crippen LogP contribution in [0.5, 0.6) is 0 Å². The lowest BCUT2D eigenvalue weighted by Gasteiger charge is -2.05. The molecule has 0 amide bonds. The summed E-state index contributed by atoms with van der Waals surface area (Å²) in [6.45, 7) is 0. The van der Waals surface area contributed by atoms with Crippen molar-refractivity contribution >= 4 is 27.0 Å². The Labute approximate surface area is 130 Å². The minimum Gasteiger partial charge on any atom is -0.472 e. The first kappa shape index (κ1) is 12.4. The fraction of sp³-hybridized carbons (Fsp3) is 0. The molecule has 0 unspecified atom stereocenters. The van der Waals surface area contributed by atoms with Crippen LogP contribution in [0.25, 0.3) is 27.8 Å². The maximum atomic E-state index is 5.14. The Morgan fingerprint density at radius 1 is 1.00 bits per heavy atom. The molecule has 2 aromatic heterocycles. The van der Waals surface area contributed by atoms with Gasteiger partial charge < -0.3 is 4.42 Å². The van der Waals surface area contributed by atoms with Crippen LogP contribution < -0.4 is 0 Å². The monoisotopic (exact) mass is 338 g/mol. The van der Waals surface area contributed by atoms with Crippen LogP contribution in [-0.2, 0) is 0 Å². The van der Waals surface area contributed by atoms with E-state index < -0.39 is 0 Å². The summed E-state index contributed by atoms with van der Waals surface area (Å²) in [5.74, 6) is 0. The van der Waals surface area contributed by atoms with Crippen LogP contribution in [0.1, 0.15) is 0 Å². The van der Waals surface area contributed by atoms with Crippen LogP contribution in [-0.4, -0.2) is 9.55 Å². The third kappa shape index (κ3) is 2.17. The second-order valence-corrected chi connectivity index (χ2v) is 5.73. The standard InChI is InChI=1S/C17H11BrN2O/c18-14-2-1-3-15(9-14)20-11-19-16-8-12(4-5-17(16)20)13-6-7-21-10-13/h1-11H. The highest BCUT2D eigenvalue weighted by molar-refractivity contribution is 9.10. The summed E-state index contributed by atoms with van der Waals surface area (Å²) < 4.78 is 8.27. The van der Waals surface area contributed by atoms with Gasteiger partial charge in [-0.15, -0.1) is 0 Å². The molecule has 4 heteroatoms. The predicted molar refractivity (Wildman–Crippen MR) is 86.5 cm³/mol. The number of furan rings is 1. The number of fused-ring (bicyclic) bond motifs is 1. The topological polar surface area (TPSA) is 31.0 Å². The Kier molecular flexibility index (Phi) is 2.89. The molecule has 0 saturated heterocycles. The van der Waals surface area contributed by atoms with Crippen molar-refractivity contribution in [2.24, 2.45) is 0 Å². The van der Waals surface area contributed by atoms with Gasteiger partial charge in [-0.2, -0.15) is 0 Å². The zero-order valence-corrected chi connectivity index (χ0v) is 12.6. The number of halogens is 1. The number of hydrogen-bond acceptors (Lipinski definition) is 2. The molecule has 2 heterocycles. The highest BCUT2D eigenvalue weighted by Gasteiger charge is 2.07. The molecule has 0 atom stereocenters. The highest BCUT2D eigenvalue weighted by Crippen LogP contribution is 2.26. The normalized spacial score (nSPS) is 11.1. The van der Waals surface area contributed by atoms with Crippen LogP contribution in [0.3, 0.4) is 0 Å². The molecule has 0 bridgehead atoms. The zero-order valence-electron chi connectivity index (χ0n) is 11.0. The zero-order chi connectivity index (χ0) is 14.2. The molecule has 0 saturated carbocycles. The Bertz CT molecular complexity index is 910. The summed E-state index contributed by atoms with van der Waals surface area (Å²) in [5.41, 5.74) is 5.31. The number of nitrogens with zero attached hydrogens (tertiary/aromatic N) is 2. The molecule has 0 aliphatic rings. The molecule has 0 aliphatic carbocycles. The minimum absolute atomic E-state index is 0.966. The minimum atomic E-state index is 0.966. The van der Waals surface area contributed by atoms with Gasteiger partial charge >= 0.3 is 0 Å². The van der Waals surface area contributed by atoms with E-state index in [4.69, 9.17) is 4.42 Å². The van der Waals surface area contributed by atoms with Crippen molar-refractivity contribution in [1.29, 1.82) is 0 Å². The maximum Gasteiger partial charge on any atom is 0.100 e. The van der Waals surface area contributed by atoms with E-state index in [1.807, 2.05) is 24.5 Å². The average Bonchev–Trinajstić information content (AvgIpc) is 3.16. The molecule has 21 heavy (non-hydrogen) atoms. The van der Waals surface area contributed by atoms with E-state index in [0.29, 0.717) is 0 Å². The van der Waals surface area contributed by atoms with Gasteiger partial charge in [0.2, 0.25) is 0 Å². The van der Waals surface area contributed by atoms with Crippen molar-refractivity contribution < 1.29 is 4.42 Å². The van der Waals surface area contributed by atoms with Crippen molar-refractivity contribution in [2.75, 3.05) is 0 Å². The van der Waals surface area contributed by atoms with Crippen molar-refractivity contribution in [3.8, 4) is 16.8 Å². The van der Waals surface area contributed by atoms with Crippen molar-refractivity contribution in [1.82, 2.24) is 9.55 Å². The van der Waals surface area contributed by atoms with Crippen LogP contribution in [0.2, 0.25) is 0 Å². The summed E-state index contributed by atoms with van der Waals surface area (Å²) in [5, 5.41) is 0. The molecule has 0 aliphatic heterocycles. The van der Waals surface area contributed by atoms with E-state index in [9.17, 15) is 0 Å². The van der Waals surface area contributed by atoms with Gasteiger partial charge in [-0.3, -0.25) is 4.57 Å². The number of hydrogen-bond donors (Lipinski definition) is 0. The molecular formula is C17H11BrN2O. The molecule has 0 radical (unpaired) electrons. The molecule has 4 rings (SSSR count). The molecule has 3 nitrogen and oxygen atoms in total. The van der Waals surface area contributed by atoms with Crippen molar-refractivity contribution in [2.45, 2.75) is 0 Å². The highest BCUT2D eigenvalue weighted by atomic mass is 79.9. The SMILES string of the molecule is Brc1cccc(-n2cnc3cc(-c4ccoc4)ccc32)c1. The number of aromatic nitrogens is 2. The average molecular weight is 339 g/mol. The van der Waals surface area contributed by atoms with Crippen molar-refractivity contribution in [3.05, 3.63) is 71.9 Å². The first-order valence-corrected chi connectivity index (χ1v) is 7.36. The summed E-state index contributed by atoms with van der Waals surface area (Å²) >= 11 is 3.51. The van der Waals surface area contributed by atoms with Gasteiger partial charge in [-0.25, -0.2) is 4.98 Å². The van der Waals surface area contributed by atoms with Gasteiger partial charge in [-0.05, 0) is 42.0 Å². The first-order chi connectivity index (χ1) is 10.3. The quantitative estimate of drug-likeness (QED) is 0.512. The van der Waals surface area contributed by atoms with Crippen LogP contribution >= 0.6 is 15.9 Å². The van der Waals surface area contributed by atoms with E-state index in [-0.39, 0.29) is 0 Å². The maximum absolute atomic E-state index is 5.14. The fourth-order valence-corrected chi connectivity index (χ4v) is 2.84. The second-order valence-electron chi connectivity index (χ2n) is 4.81. The summed E-state index contributed by atoms with van der Waals surface area (Å²) in [7, 11) is 0. The number of benzene rings is 2. The van der Waals surface area contributed by atoms with Gasteiger partial charge in [-0.1, -0.05) is 28.1 Å². The molecule has 0 fully saturated rings. The van der Waals surface area contributed by atoms with Gasteiger partial charge in [0.05, 0.1) is 23.6 Å². The Balaban J connectivity index is 1.86. The Morgan fingerprint density at radius 3 is 2.76 bits per heavy atom. The third-order valence-corrected chi connectivity index (χ3v) is 3.98. The van der Waals surface area contributed by atoms with Crippen molar-refractivity contribution in [3.63, 3.8) is 0 Å². The number of imidazole rings is 1. The van der Waals surface area contributed by atoms with Crippen LogP contribution in [0, 0.1) is 0 Å². The smallest absolute Gasteiger partial charge is 0.100 e. The van der Waals surface area contributed by atoms with Gasteiger partial charge in [0.1, 0.15) is 6.33 Å². The van der Waals surface area contributed by atoms with Gasteiger partial charge in [0.25, 0.3) is 0 Å². The molecular weight excluding hydrogens is 328 g/mol. The fourth-order valence-electron chi connectivity index (χ4n) is 2.45. The lowest BCUT2D eigenvalue weighted by atomic mass is 10.1.